The van der Waals surface area contributed by atoms with Gasteiger partial charge in [-0.1, -0.05) is 15.9 Å². The Hall–Kier alpha value is -4.47. The van der Waals surface area contributed by atoms with Crippen LogP contribution in [-0.4, -0.2) is 48.9 Å². The van der Waals surface area contributed by atoms with Gasteiger partial charge in [-0.2, -0.15) is 0 Å². The number of hydrogen-bond donors (Lipinski definition) is 4. The molecular weight excluding hydrogens is 848 g/mol. The minimum Gasteiger partial charge on any atom is -0.355 e. The van der Waals surface area contributed by atoms with Crippen molar-refractivity contribution in [3.8, 4) is 0 Å². The molecule has 2 amide bonds. The molecule has 1 heterocycles. The lowest BCUT2D eigenvalue weighted by molar-refractivity contribution is 0.0944. The van der Waals surface area contributed by atoms with Crippen LogP contribution >= 0.6 is 38.5 Å². The van der Waals surface area contributed by atoms with Crippen LogP contribution in [0.25, 0.3) is 0 Å². The lowest BCUT2D eigenvalue weighted by Crippen LogP contribution is -2.28. The predicted molar refractivity (Wildman–Crippen MR) is 213 cm³/mol. The number of carbonyl (C=O) groups excluding carboxylic acids is 2. The van der Waals surface area contributed by atoms with Crippen LogP contribution in [0.5, 0.6) is 0 Å². The molecule has 0 bridgehead atoms. The highest BCUT2D eigenvalue weighted by atomic mass is 127. The molecule has 0 aliphatic heterocycles. The lowest BCUT2D eigenvalue weighted by Gasteiger charge is -2.16. The summed E-state index contributed by atoms with van der Waals surface area (Å²) in [7, 11) is 3.89. The van der Waals surface area contributed by atoms with Crippen molar-refractivity contribution in [1.29, 1.82) is 0 Å². The number of nitrogens with zero attached hydrogens (tertiary/aromatic N) is 2. The molecule has 1 aromatic heterocycles. The van der Waals surface area contributed by atoms with Crippen LogP contribution < -0.4 is 21.3 Å². The van der Waals surface area contributed by atoms with Crippen molar-refractivity contribution in [2.24, 2.45) is 0 Å². The molecule has 0 saturated heterocycles. The van der Waals surface area contributed by atoms with E-state index in [4.69, 9.17) is 0 Å². The average molecular weight is 888 g/mol. The molecule has 272 valence electrons. The second-order valence-corrected chi connectivity index (χ2v) is 14.3. The molecule has 5 rings (SSSR count). The standard InChI is InChI=1S/C20H17FIN3O.C19H22BrF2N3O/c1-13-10-16(22)3-5-18(13)25-19-11-15(21)2-4-17(19)20(26)24-12-14-6-8-23-9-7-14;1-12-11-13(20)5-8-16(12)24-18-14(6-7-15(21)17(18)22)19(26)23-9-4-10-25(2)3/h2-11,25H,12H2,1H3,(H,24,26);5-8,11,24H,4,9-10H2,1-3H3,(H,23,26). The highest BCUT2D eigenvalue weighted by Gasteiger charge is 2.20. The number of carbonyl (C=O) groups is 2. The van der Waals surface area contributed by atoms with Crippen molar-refractivity contribution in [3.05, 3.63) is 145 Å². The molecule has 5 aromatic rings. The molecule has 0 fully saturated rings. The lowest BCUT2D eigenvalue weighted by atomic mass is 10.1. The van der Waals surface area contributed by atoms with E-state index in [0.29, 0.717) is 30.0 Å². The van der Waals surface area contributed by atoms with Gasteiger partial charge >= 0.3 is 0 Å². The number of aryl methyl sites for hydroxylation is 2. The second-order valence-electron chi connectivity index (χ2n) is 12.1. The third-order valence-corrected chi connectivity index (χ3v) is 8.91. The van der Waals surface area contributed by atoms with E-state index in [9.17, 15) is 22.8 Å². The van der Waals surface area contributed by atoms with Gasteiger partial charge in [0.25, 0.3) is 11.8 Å². The molecule has 0 aliphatic rings. The van der Waals surface area contributed by atoms with Crippen molar-refractivity contribution in [3.63, 3.8) is 0 Å². The minimum atomic E-state index is -1.08. The van der Waals surface area contributed by atoms with Crippen LogP contribution in [0.3, 0.4) is 0 Å². The van der Waals surface area contributed by atoms with E-state index < -0.39 is 23.4 Å². The maximum Gasteiger partial charge on any atom is 0.253 e. The molecule has 4 N–H and O–H groups in total. The van der Waals surface area contributed by atoms with Gasteiger partial charge in [-0.25, -0.2) is 13.2 Å². The summed E-state index contributed by atoms with van der Waals surface area (Å²) in [5.74, 6) is -3.20. The first-order valence-corrected chi connectivity index (χ1v) is 18.1. The molecule has 13 heteroatoms. The van der Waals surface area contributed by atoms with Crippen molar-refractivity contribution < 1.29 is 22.8 Å². The molecule has 0 unspecified atom stereocenters. The summed E-state index contributed by atoms with van der Waals surface area (Å²) in [6, 6.07) is 21.3. The Kier molecular flexibility index (Phi) is 15.0. The van der Waals surface area contributed by atoms with Crippen LogP contribution in [-0.2, 0) is 6.54 Å². The largest absolute Gasteiger partial charge is 0.355 e. The number of nitrogens with one attached hydrogen (secondary N) is 4. The fourth-order valence-electron chi connectivity index (χ4n) is 4.97. The molecule has 0 radical (unpaired) electrons. The Morgan fingerprint density at radius 3 is 2.12 bits per heavy atom. The summed E-state index contributed by atoms with van der Waals surface area (Å²) in [4.78, 5) is 31.0. The summed E-state index contributed by atoms with van der Waals surface area (Å²) in [6.45, 7) is 5.45. The van der Waals surface area contributed by atoms with E-state index >= 15 is 0 Å². The molecule has 52 heavy (non-hydrogen) atoms. The SMILES string of the molecule is Cc1cc(Br)ccc1Nc1c(C(=O)NCCCN(C)C)ccc(F)c1F.Cc1cc(I)ccc1Nc1cc(F)ccc1C(=O)NCc1ccncc1. The highest BCUT2D eigenvalue weighted by molar-refractivity contribution is 14.1. The number of benzene rings is 4. The van der Waals surface area contributed by atoms with Crippen molar-refractivity contribution >= 4 is 73.1 Å². The Morgan fingerprint density at radius 2 is 1.42 bits per heavy atom. The number of rotatable bonds is 12. The van der Waals surface area contributed by atoms with Gasteiger partial charge in [0.1, 0.15) is 5.82 Å². The zero-order chi connectivity index (χ0) is 37.8. The summed E-state index contributed by atoms with van der Waals surface area (Å²) >= 11 is 5.60. The number of anilines is 4. The number of hydrogen-bond acceptors (Lipinski definition) is 6. The molecule has 0 aliphatic carbocycles. The summed E-state index contributed by atoms with van der Waals surface area (Å²) in [6.07, 6.45) is 4.11. The predicted octanol–water partition coefficient (Wildman–Crippen LogP) is 9.27. The van der Waals surface area contributed by atoms with E-state index in [-0.39, 0.29) is 17.2 Å². The molecule has 0 atom stereocenters. The van der Waals surface area contributed by atoms with Crippen LogP contribution in [0, 0.1) is 34.9 Å². The quantitative estimate of drug-likeness (QED) is 0.0737. The Bertz CT molecular complexity index is 2020. The van der Waals surface area contributed by atoms with Gasteiger partial charge in [-0.15, -0.1) is 0 Å². The summed E-state index contributed by atoms with van der Waals surface area (Å²) < 4.78 is 43.8. The van der Waals surface area contributed by atoms with Gasteiger partial charge in [0.05, 0.1) is 22.5 Å². The van der Waals surface area contributed by atoms with Crippen LogP contribution in [0.2, 0.25) is 0 Å². The Balaban J connectivity index is 0.000000233. The zero-order valence-corrected chi connectivity index (χ0v) is 32.8. The molecule has 4 aromatic carbocycles. The highest BCUT2D eigenvalue weighted by Crippen LogP contribution is 2.30. The number of pyridine rings is 1. The van der Waals surface area contributed by atoms with Crippen molar-refractivity contribution in [2.45, 2.75) is 26.8 Å². The maximum atomic E-state index is 14.4. The molecule has 0 spiro atoms. The second kappa shape index (κ2) is 19.4. The normalized spacial score (nSPS) is 10.7. The van der Waals surface area contributed by atoms with E-state index in [0.717, 1.165) is 49.5 Å². The average Bonchev–Trinajstić information content (AvgIpc) is 3.10. The van der Waals surface area contributed by atoms with Gasteiger partial charge in [-0.3, -0.25) is 14.6 Å². The van der Waals surface area contributed by atoms with Gasteiger partial charge < -0.3 is 26.2 Å². The van der Waals surface area contributed by atoms with Crippen molar-refractivity contribution in [1.82, 2.24) is 20.5 Å². The van der Waals surface area contributed by atoms with Crippen LogP contribution in [0.15, 0.2) is 95.7 Å². The van der Waals surface area contributed by atoms with Gasteiger partial charge in [-0.05, 0) is 159 Å². The first-order valence-electron chi connectivity index (χ1n) is 16.3. The fraction of sp³-hybridized carbons (Fsp3) is 0.205. The monoisotopic (exact) mass is 886 g/mol. The van der Waals surface area contributed by atoms with E-state index in [1.54, 1.807) is 24.5 Å². The van der Waals surface area contributed by atoms with Crippen LogP contribution in [0.4, 0.5) is 35.9 Å². The molecular formula is C39H39BrF3IN6O2. The van der Waals surface area contributed by atoms with E-state index in [1.807, 2.05) is 69.2 Å². The maximum absolute atomic E-state index is 14.4. The van der Waals surface area contributed by atoms with Crippen LogP contribution in [0.1, 0.15) is 43.8 Å². The summed E-state index contributed by atoms with van der Waals surface area (Å²) in [5.41, 5.74) is 4.94. The third-order valence-electron chi connectivity index (χ3n) is 7.74. The van der Waals surface area contributed by atoms with E-state index in [1.165, 1.54) is 24.3 Å². The minimum absolute atomic E-state index is 0.0658. The topological polar surface area (TPSA) is 98.4 Å². The van der Waals surface area contributed by atoms with E-state index in [2.05, 4.69) is 64.8 Å². The summed E-state index contributed by atoms with van der Waals surface area (Å²) in [5, 5.41) is 11.6. The number of amides is 2. The molecule has 0 saturated carbocycles. The zero-order valence-electron chi connectivity index (χ0n) is 29.1. The van der Waals surface area contributed by atoms with Gasteiger partial charge in [0.2, 0.25) is 0 Å². The first-order chi connectivity index (χ1) is 24.8. The number of halogens is 5. The van der Waals surface area contributed by atoms with Gasteiger partial charge in [0.15, 0.2) is 11.6 Å². The Labute approximate surface area is 323 Å². The third kappa shape index (κ3) is 11.8. The molecule has 8 nitrogen and oxygen atoms in total. The first kappa shape index (κ1) is 40.3. The smallest absolute Gasteiger partial charge is 0.253 e. The van der Waals surface area contributed by atoms with Crippen molar-refractivity contribution in [2.75, 3.05) is 37.8 Å². The fourth-order valence-corrected chi connectivity index (χ4v) is 6.09. The van der Waals surface area contributed by atoms with Gasteiger partial charge in [0, 0.05) is 44.9 Å². The Morgan fingerprint density at radius 1 is 0.769 bits per heavy atom. The number of aromatic nitrogens is 1.